The second-order valence-corrected chi connectivity index (χ2v) is 5.87. The van der Waals surface area contributed by atoms with E-state index in [1.165, 1.54) is 24.9 Å². The fourth-order valence-corrected chi connectivity index (χ4v) is 2.79. The first-order valence-corrected chi connectivity index (χ1v) is 7.58. The summed E-state index contributed by atoms with van der Waals surface area (Å²) in [5.41, 5.74) is 1.17. The molecule has 2 rings (SSSR count). The Kier molecular flexibility index (Phi) is 5.86. The Morgan fingerprint density at radius 2 is 2.32 bits per heavy atom. The average Bonchev–Trinajstić information content (AvgIpc) is 2.44. The number of hydrogen-bond acceptors (Lipinski definition) is 3. The number of allylic oxidation sites excluding steroid dienone is 2. The maximum atomic E-state index is 5.23. The lowest BCUT2D eigenvalue weighted by atomic mass is 9.94. The maximum Gasteiger partial charge on any atom is 0.0637 e. The van der Waals surface area contributed by atoms with Crippen LogP contribution in [0.4, 0.5) is 5.69 Å². The SMILES string of the molecule is COCCN(CC1CC=CCC1)c1cncc(Br)c1. The van der Waals surface area contributed by atoms with E-state index in [1.807, 2.05) is 12.4 Å². The number of methoxy groups -OCH3 is 1. The number of nitrogens with zero attached hydrogens (tertiary/aromatic N) is 2. The summed E-state index contributed by atoms with van der Waals surface area (Å²) in [7, 11) is 1.75. The van der Waals surface area contributed by atoms with Crippen LogP contribution in [0.3, 0.4) is 0 Å². The molecule has 19 heavy (non-hydrogen) atoms. The second kappa shape index (κ2) is 7.65. The minimum absolute atomic E-state index is 0.737. The number of hydrogen-bond donors (Lipinski definition) is 0. The van der Waals surface area contributed by atoms with Crippen LogP contribution >= 0.6 is 15.9 Å². The summed E-state index contributed by atoms with van der Waals surface area (Å²) in [5, 5.41) is 0. The van der Waals surface area contributed by atoms with E-state index >= 15 is 0 Å². The normalized spacial score (nSPS) is 18.5. The Balaban J connectivity index is 2.04. The molecule has 104 valence electrons. The third-order valence-corrected chi connectivity index (χ3v) is 3.91. The summed E-state index contributed by atoms with van der Waals surface area (Å²) < 4.78 is 6.25. The standard InChI is InChI=1S/C15H21BrN2O/c1-19-8-7-18(12-13-5-3-2-4-6-13)15-9-14(16)10-17-11-15/h2-3,9-11,13H,4-8,12H2,1H3. The van der Waals surface area contributed by atoms with E-state index in [-0.39, 0.29) is 0 Å². The molecule has 1 heterocycles. The smallest absolute Gasteiger partial charge is 0.0637 e. The van der Waals surface area contributed by atoms with Crippen LogP contribution in [0.1, 0.15) is 19.3 Å². The van der Waals surface area contributed by atoms with E-state index in [4.69, 9.17) is 4.74 Å². The van der Waals surface area contributed by atoms with Crippen molar-refractivity contribution >= 4 is 21.6 Å². The Labute approximate surface area is 123 Å². The summed E-state index contributed by atoms with van der Waals surface area (Å²) in [4.78, 5) is 6.64. The number of rotatable bonds is 6. The molecule has 0 spiro atoms. The van der Waals surface area contributed by atoms with Gasteiger partial charge in [-0.1, -0.05) is 12.2 Å². The average molecular weight is 325 g/mol. The van der Waals surface area contributed by atoms with E-state index in [9.17, 15) is 0 Å². The van der Waals surface area contributed by atoms with Crippen LogP contribution in [0.2, 0.25) is 0 Å². The molecule has 0 bridgehead atoms. The maximum absolute atomic E-state index is 5.23. The molecule has 0 N–H and O–H groups in total. The lowest BCUT2D eigenvalue weighted by molar-refractivity contribution is 0.204. The summed E-state index contributed by atoms with van der Waals surface area (Å²) in [6.07, 6.45) is 12.0. The molecule has 1 aliphatic rings. The zero-order chi connectivity index (χ0) is 13.5. The van der Waals surface area contributed by atoms with Crippen molar-refractivity contribution in [3.05, 3.63) is 35.1 Å². The number of anilines is 1. The van der Waals surface area contributed by atoms with E-state index in [2.05, 4.69) is 44.0 Å². The number of pyridine rings is 1. The Morgan fingerprint density at radius 1 is 1.42 bits per heavy atom. The largest absolute Gasteiger partial charge is 0.383 e. The predicted molar refractivity (Wildman–Crippen MR) is 82.5 cm³/mol. The number of halogens is 1. The van der Waals surface area contributed by atoms with Crippen molar-refractivity contribution in [3.63, 3.8) is 0 Å². The van der Waals surface area contributed by atoms with Crippen LogP contribution in [0.25, 0.3) is 0 Å². The molecule has 4 heteroatoms. The lowest BCUT2D eigenvalue weighted by Crippen LogP contribution is -2.33. The van der Waals surface area contributed by atoms with Crippen molar-refractivity contribution < 1.29 is 4.74 Å². The highest BCUT2D eigenvalue weighted by atomic mass is 79.9. The van der Waals surface area contributed by atoms with Crippen LogP contribution in [0.15, 0.2) is 35.1 Å². The van der Waals surface area contributed by atoms with Gasteiger partial charge in [-0.25, -0.2) is 0 Å². The molecule has 1 aromatic heterocycles. The highest BCUT2D eigenvalue weighted by Crippen LogP contribution is 2.24. The van der Waals surface area contributed by atoms with Gasteiger partial charge in [0.25, 0.3) is 0 Å². The summed E-state index contributed by atoms with van der Waals surface area (Å²) in [5.74, 6) is 0.737. The molecule has 1 unspecified atom stereocenters. The van der Waals surface area contributed by atoms with Crippen molar-refractivity contribution in [3.8, 4) is 0 Å². The highest BCUT2D eigenvalue weighted by molar-refractivity contribution is 9.10. The monoisotopic (exact) mass is 324 g/mol. The molecular formula is C15H21BrN2O. The third-order valence-electron chi connectivity index (χ3n) is 3.48. The van der Waals surface area contributed by atoms with Crippen molar-refractivity contribution in [2.75, 3.05) is 31.7 Å². The van der Waals surface area contributed by atoms with Crippen LogP contribution in [0.5, 0.6) is 0 Å². The van der Waals surface area contributed by atoms with Crippen molar-refractivity contribution in [2.45, 2.75) is 19.3 Å². The predicted octanol–water partition coefficient (Wildman–Crippen LogP) is 3.65. The van der Waals surface area contributed by atoms with Crippen LogP contribution < -0.4 is 4.90 Å². The van der Waals surface area contributed by atoms with E-state index in [0.29, 0.717) is 0 Å². The zero-order valence-corrected chi connectivity index (χ0v) is 13.0. The van der Waals surface area contributed by atoms with Gasteiger partial charge in [-0.3, -0.25) is 4.98 Å². The van der Waals surface area contributed by atoms with Gasteiger partial charge >= 0.3 is 0 Å². The molecule has 1 aromatic rings. The van der Waals surface area contributed by atoms with E-state index < -0.39 is 0 Å². The lowest BCUT2D eigenvalue weighted by Gasteiger charge is -2.29. The fraction of sp³-hybridized carbons (Fsp3) is 0.533. The van der Waals surface area contributed by atoms with Crippen LogP contribution in [-0.4, -0.2) is 31.8 Å². The molecule has 0 fully saturated rings. The zero-order valence-electron chi connectivity index (χ0n) is 11.4. The summed E-state index contributed by atoms with van der Waals surface area (Å²) in [6.45, 7) is 2.73. The molecule has 0 aliphatic heterocycles. The second-order valence-electron chi connectivity index (χ2n) is 4.95. The quantitative estimate of drug-likeness (QED) is 0.747. The molecule has 0 aromatic carbocycles. The third kappa shape index (κ3) is 4.62. The Hall–Kier alpha value is -0.870. The molecule has 0 radical (unpaired) electrons. The molecule has 0 saturated heterocycles. The first-order valence-electron chi connectivity index (χ1n) is 6.79. The number of aromatic nitrogens is 1. The first kappa shape index (κ1) is 14.5. The van der Waals surface area contributed by atoms with Crippen molar-refractivity contribution in [1.29, 1.82) is 0 Å². The Morgan fingerprint density at radius 3 is 3.00 bits per heavy atom. The molecular weight excluding hydrogens is 304 g/mol. The van der Waals surface area contributed by atoms with E-state index in [0.717, 1.165) is 30.1 Å². The highest BCUT2D eigenvalue weighted by Gasteiger charge is 2.15. The van der Waals surface area contributed by atoms with Crippen LogP contribution in [0, 0.1) is 5.92 Å². The molecule has 3 nitrogen and oxygen atoms in total. The van der Waals surface area contributed by atoms with Crippen LogP contribution in [-0.2, 0) is 4.74 Å². The molecule has 1 aliphatic carbocycles. The van der Waals surface area contributed by atoms with Gasteiger partial charge in [-0.05, 0) is 47.2 Å². The number of ether oxygens (including phenoxy) is 1. The first-order chi connectivity index (χ1) is 9.29. The van der Waals surface area contributed by atoms with Gasteiger partial charge in [0.1, 0.15) is 0 Å². The van der Waals surface area contributed by atoms with Gasteiger partial charge in [-0.15, -0.1) is 0 Å². The minimum atomic E-state index is 0.737. The molecule has 0 saturated carbocycles. The van der Waals surface area contributed by atoms with Gasteiger partial charge in [0, 0.05) is 30.9 Å². The van der Waals surface area contributed by atoms with Crippen molar-refractivity contribution in [1.82, 2.24) is 4.98 Å². The van der Waals surface area contributed by atoms with Gasteiger partial charge in [0.2, 0.25) is 0 Å². The fourth-order valence-electron chi connectivity index (χ4n) is 2.43. The Bertz CT molecular complexity index is 422. The van der Waals surface area contributed by atoms with E-state index in [1.54, 1.807) is 7.11 Å². The topological polar surface area (TPSA) is 25.4 Å². The summed E-state index contributed by atoms with van der Waals surface area (Å²) in [6, 6.07) is 2.13. The molecule has 0 amide bonds. The van der Waals surface area contributed by atoms with Crippen molar-refractivity contribution in [2.24, 2.45) is 5.92 Å². The van der Waals surface area contributed by atoms with Gasteiger partial charge < -0.3 is 9.64 Å². The molecule has 1 atom stereocenters. The minimum Gasteiger partial charge on any atom is -0.383 e. The van der Waals surface area contributed by atoms with Gasteiger partial charge in [0.05, 0.1) is 18.5 Å². The summed E-state index contributed by atoms with van der Waals surface area (Å²) >= 11 is 3.49. The van der Waals surface area contributed by atoms with Gasteiger partial charge in [-0.2, -0.15) is 0 Å². The van der Waals surface area contributed by atoms with Gasteiger partial charge in [0.15, 0.2) is 0 Å².